The Hall–Kier alpha value is -3.24. The van der Waals surface area contributed by atoms with E-state index in [-0.39, 0.29) is 17.6 Å². The first-order valence-electron chi connectivity index (χ1n) is 11.5. The van der Waals surface area contributed by atoms with Gasteiger partial charge in [-0.15, -0.1) is 0 Å². The van der Waals surface area contributed by atoms with Crippen molar-refractivity contribution in [3.63, 3.8) is 0 Å². The summed E-state index contributed by atoms with van der Waals surface area (Å²) in [5.41, 5.74) is 6.72. The van der Waals surface area contributed by atoms with Gasteiger partial charge in [0.1, 0.15) is 0 Å². The Morgan fingerprint density at radius 2 is 1.50 bits per heavy atom. The maximum Gasteiger partial charge on any atom is 0.253 e. The van der Waals surface area contributed by atoms with Gasteiger partial charge in [-0.05, 0) is 53.8 Å². The maximum absolute atomic E-state index is 13.1. The second kappa shape index (κ2) is 7.72. The van der Waals surface area contributed by atoms with Gasteiger partial charge in [-0.1, -0.05) is 60.7 Å². The highest BCUT2D eigenvalue weighted by Crippen LogP contribution is 2.37. The SMILES string of the molecule is O=C(c1ccccc1)[C@H]1CCN(C2CN(C(=O)c3ccc4c(c3)Cc3ccccc3-4)C2)C1. The zero-order valence-corrected chi connectivity index (χ0v) is 18.0. The standard InChI is InChI=1S/C28H26N2O2/c31-27(19-6-2-1-3-7-19)22-12-13-29(16-22)24-17-30(18-24)28(32)21-10-11-26-23(15-21)14-20-8-4-5-9-25(20)26/h1-11,15,22,24H,12-14,16-18H2/t22-/m0/s1. The molecular formula is C28H26N2O2. The van der Waals surface area contributed by atoms with E-state index in [0.29, 0.717) is 6.04 Å². The Labute approximate surface area is 188 Å². The predicted molar refractivity (Wildman–Crippen MR) is 125 cm³/mol. The van der Waals surface area contributed by atoms with E-state index in [0.717, 1.165) is 50.1 Å². The summed E-state index contributed by atoms with van der Waals surface area (Å²) < 4.78 is 0. The first-order chi connectivity index (χ1) is 15.7. The first-order valence-corrected chi connectivity index (χ1v) is 11.5. The number of fused-ring (bicyclic) bond motifs is 3. The third-order valence-corrected chi connectivity index (χ3v) is 7.36. The van der Waals surface area contributed by atoms with Crippen LogP contribution in [0.3, 0.4) is 0 Å². The van der Waals surface area contributed by atoms with Crippen molar-refractivity contribution < 1.29 is 9.59 Å². The lowest BCUT2D eigenvalue weighted by Crippen LogP contribution is -2.60. The number of hydrogen-bond acceptors (Lipinski definition) is 3. The molecule has 3 aromatic rings. The lowest BCUT2D eigenvalue weighted by molar-refractivity contribution is 0.0322. The van der Waals surface area contributed by atoms with E-state index in [4.69, 9.17) is 0 Å². The van der Waals surface area contributed by atoms with Crippen molar-refractivity contribution >= 4 is 11.7 Å². The Balaban J connectivity index is 1.07. The summed E-state index contributed by atoms with van der Waals surface area (Å²) in [6.45, 7) is 3.25. The van der Waals surface area contributed by atoms with E-state index in [9.17, 15) is 9.59 Å². The molecule has 3 aromatic carbocycles. The fourth-order valence-corrected chi connectivity index (χ4v) is 5.48. The number of benzene rings is 3. The van der Waals surface area contributed by atoms with Gasteiger partial charge in [0.25, 0.3) is 5.91 Å². The molecule has 1 atom stereocenters. The number of rotatable bonds is 4. The molecular weight excluding hydrogens is 396 g/mol. The first kappa shape index (κ1) is 19.4. The van der Waals surface area contributed by atoms with E-state index in [1.54, 1.807) is 0 Å². The third kappa shape index (κ3) is 3.26. The molecule has 0 aromatic heterocycles. The minimum Gasteiger partial charge on any atom is -0.335 e. The third-order valence-electron chi connectivity index (χ3n) is 7.36. The monoisotopic (exact) mass is 422 g/mol. The average Bonchev–Trinajstić information content (AvgIpc) is 3.42. The van der Waals surface area contributed by atoms with Crippen LogP contribution in [0.5, 0.6) is 0 Å². The number of amides is 1. The quantitative estimate of drug-likeness (QED) is 0.461. The van der Waals surface area contributed by atoms with Gasteiger partial charge in [0.05, 0.1) is 0 Å². The van der Waals surface area contributed by atoms with E-state index >= 15 is 0 Å². The van der Waals surface area contributed by atoms with Crippen LogP contribution in [0.2, 0.25) is 0 Å². The second-order valence-electron chi connectivity index (χ2n) is 9.28. The molecule has 6 rings (SSSR count). The van der Waals surface area contributed by atoms with Crippen molar-refractivity contribution in [1.29, 1.82) is 0 Å². The minimum atomic E-state index is 0.0699. The number of nitrogens with zero attached hydrogens (tertiary/aromatic N) is 2. The molecule has 2 fully saturated rings. The van der Waals surface area contributed by atoms with Crippen LogP contribution in [-0.2, 0) is 6.42 Å². The molecule has 2 saturated heterocycles. The zero-order valence-electron chi connectivity index (χ0n) is 18.0. The van der Waals surface area contributed by atoms with Crippen molar-refractivity contribution in [1.82, 2.24) is 9.80 Å². The Morgan fingerprint density at radius 3 is 2.34 bits per heavy atom. The van der Waals surface area contributed by atoms with Gasteiger partial charge < -0.3 is 4.90 Å². The van der Waals surface area contributed by atoms with Crippen LogP contribution >= 0.6 is 0 Å². The fourth-order valence-electron chi connectivity index (χ4n) is 5.48. The molecule has 160 valence electrons. The van der Waals surface area contributed by atoms with Crippen molar-refractivity contribution in [3.05, 3.63) is 95.1 Å². The molecule has 0 N–H and O–H groups in total. The molecule has 3 aliphatic rings. The van der Waals surface area contributed by atoms with Crippen LogP contribution in [0.15, 0.2) is 72.8 Å². The van der Waals surface area contributed by atoms with Crippen molar-refractivity contribution in [2.24, 2.45) is 5.92 Å². The van der Waals surface area contributed by atoms with Crippen LogP contribution < -0.4 is 0 Å². The summed E-state index contributed by atoms with van der Waals surface area (Å²) in [7, 11) is 0. The maximum atomic E-state index is 13.1. The molecule has 32 heavy (non-hydrogen) atoms. The molecule has 0 spiro atoms. The smallest absolute Gasteiger partial charge is 0.253 e. The molecule has 0 saturated carbocycles. The molecule has 0 radical (unpaired) electrons. The van der Waals surface area contributed by atoms with Gasteiger partial charge in [-0.3, -0.25) is 14.5 Å². The molecule has 2 heterocycles. The summed E-state index contributed by atoms with van der Waals surface area (Å²) in [5, 5.41) is 0. The van der Waals surface area contributed by atoms with Crippen LogP contribution in [0.4, 0.5) is 0 Å². The molecule has 1 amide bonds. The number of carbonyl (C=O) groups excluding carboxylic acids is 2. The normalized spacial score (nSPS) is 20.0. The van der Waals surface area contributed by atoms with Crippen LogP contribution in [0.1, 0.15) is 38.3 Å². The van der Waals surface area contributed by atoms with Gasteiger partial charge in [0.2, 0.25) is 0 Å². The van der Waals surface area contributed by atoms with Crippen molar-refractivity contribution in [2.75, 3.05) is 26.2 Å². The molecule has 1 aliphatic carbocycles. The van der Waals surface area contributed by atoms with Gasteiger partial charge in [0.15, 0.2) is 5.78 Å². The molecule has 2 aliphatic heterocycles. The van der Waals surface area contributed by atoms with E-state index in [1.165, 1.54) is 22.3 Å². The van der Waals surface area contributed by atoms with Gasteiger partial charge in [-0.25, -0.2) is 0 Å². The van der Waals surface area contributed by atoms with Crippen molar-refractivity contribution in [2.45, 2.75) is 18.9 Å². The van der Waals surface area contributed by atoms with Gasteiger partial charge in [0, 0.05) is 42.7 Å². The number of hydrogen-bond donors (Lipinski definition) is 0. The summed E-state index contributed by atoms with van der Waals surface area (Å²) in [4.78, 5) is 30.2. The highest BCUT2D eigenvalue weighted by atomic mass is 16.2. The Bertz CT molecular complexity index is 1200. The number of ketones is 1. The molecule has 4 heteroatoms. The highest BCUT2D eigenvalue weighted by Gasteiger charge is 2.40. The predicted octanol–water partition coefficient (Wildman–Crippen LogP) is 4.29. The summed E-state index contributed by atoms with van der Waals surface area (Å²) in [5.74, 6) is 0.441. The summed E-state index contributed by atoms with van der Waals surface area (Å²) >= 11 is 0. The van der Waals surface area contributed by atoms with Crippen LogP contribution in [0.25, 0.3) is 11.1 Å². The lowest BCUT2D eigenvalue weighted by atomic mass is 9.97. The van der Waals surface area contributed by atoms with Crippen molar-refractivity contribution in [3.8, 4) is 11.1 Å². The zero-order chi connectivity index (χ0) is 21.7. The Morgan fingerprint density at radius 1 is 0.750 bits per heavy atom. The Kier molecular flexibility index (Phi) is 4.69. The van der Waals surface area contributed by atoms with Gasteiger partial charge >= 0.3 is 0 Å². The lowest BCUT2D eigenvalue weighted by Gasteiger charge is -2.44. The minimum absolute atomic E-state index is 0.0699. The highest BCUT2D eigenvalue weighted by molar-refractivity contribution is 5.98. The molecule has 0 unspecified atom stereocenters. The number of likely N-dealkylation sites (tertiary alicyclic amines) is 2. The van der Waals surface area contributed by atoms with Crippen LogP contribution in [0, 0.1) is 5.92 Å². The fraction of sp³-hybridized carbons (Fsp3) is 0.286. The molecule has 0 bridgehead atoms. The van der Waals surface area contributed by atoms with Gasteiger partial charge in [-0.2, -0.15) is 0 Å². The van der Waals surface area contributed by atoms with E-state index < -0.39 is 0 Å². The van der Waals surface area contributed by atoms with Crippen LogP contribution in [-0.4, -0.2) is 53.7 Å². The van der Waals surface area contributed by atoms with E-state index in [2.05, 4.69) is 41.3 Å². The second-order valence-corrected chi connectivity index (χ2v) is 9.28. The topological polar surface area (TPSA) is 40.6 Å². The number of carbonyl (C=O) groups is 2. The largest absolute Gasteiger partial charge is 0.335 e. The van der Waals surface area contributed by atoms with E-state index in [1.807, 2.05) is 41.3 Å². The molecule has 4 nitrogen and oxygen atoms in total. The summed E-state index contributed by atoms with van der Waals surface area (Å²) in [6, 6.07) is 24.6. The number of Topliss-reactive ketones (excluding diaryl/α,β-unsaturated/α-hetero) is 1. The average molecular weight is 423 g/mol. The summed E-state index contributed by atoms with van der Waals surface area (Å²) in [6.07, 6.45) is 1.81.